The smallest absolute Gasteiger partial charge is 0.123 e. The van der Waals surface area contributed by atoms with E-state index in [1.807, 2.05) is 18.2 Å². The molecule has 0 saturated carbocycles. The summed E-state index contributed by atoms with van der Waals surface area (Å²) in [5.41, 5.74) is 1.19. The van der Waals surface area contributed by atoms with E-state index in [-0.39, 0.29) is 24.1 Å². The molecule has 0 aromatic heterocycles. The molecule has 0 fully saturated rings. The molecule has 0 aliphatic heterocycles. The summed E-state index contributed by atoms with van der Waals surface area (Å²) >= 11 is 0. The Labute approximate surface area is 182 Å². The van der Waals surface area contributed by atoms with Gasteiger partial charge in [0.25, 0.3) is 0 Å². The third-order valence-corrected chi connectivity index (χ3v) is 5.91. The van der Waals surface area contributed by atoms with E-state index in [0.29, 0.717) is 23.1 Å². The normalized spacial score (nSPS) is 11.6. The molecule has 3 rings (SSSR count). The van der Waals surface area contributed by atoms with Gasteiger partial charge < -0.3 is 5.11 Å². The lowest BCUT2D eigenvalue weighted by Gasteiger charge is -2.36. The van der Waals surface area contributed by atoms with Crippen molar-refractivity contribution in [2.24, 2.45) is 0 Å². The van der Waals surface area contributed by atoms with Crippen LogP contribution in [0.25, 0.3) is 0 Å². The first-order valence-corrected chi connectivity index (χ1v) is 11.0. The molecule has 0 heterocycles. The van der Waals surface area contributed by atoms with Crippen LogP contribution in [0.1, 0.15) is 61.6 Å². The minimum Gasteiger partial charge on any atom is -0.396 e. The molecule has 0 aliphatic rings. The number of halogens is 3. The molecule has 0 atom stereocenters. The Morgan fingerprint density at radius 3 is 1.32 bits per heavy atom. The summed E-state index contributed by atoms with van der Waals surface area (Å²) in [6.07, 6.45) is 6.22. The van der Waals surface area contributed by atoms with Crippen molar-refractivity contribution in [3.8, 4) is 0 Å². The molecule has 4 heteroatoms. The number of benzene rings is 3. The molecular formula is C27H29F3O. The summed E-state index contributed by atoms with van der Waals surface area (Å²) in [5, 5.41) is 8.93. The molecule has 31 heavy (non-hydrogen) atoms. The van der Waals surface area contributed by atoms with Crippen molar-refractivity contribution in [1.29, 1.82) is 0 Å². The largest absolute Gasteiger partial charge is 0.396 e. The second-order valence-corrected chi connectivity index (χ2v) is 8.03. The van der Waals surface area contributed by atoms with E-state index in [9.17, 15) is 13.2 Å². The van der Waals surface area contributed by atoms with Crippen molar-refractivity contribution in [2.75, 3.05) is 6.61 Å². The zero-order chi connectivity index (χ0) is 22.1. The third-order valence-electron chi connectivity index (χ3n) is 5.91. The average molecular weight is 427 g/mol. The highest BCUT2D eigenvalue weighted by Gasteiger charge is 2.36. The van der Waals surface area contributed by atoms with Crippen LogP contribution in [-0.4, -0.2) is 11.7 Å². The van der Waals surface area contributed by atoms with Crippen LogP contribution in [0, 0.1) is 17.5 Å². The van der Waals surface area contributed by atoms with Crippen LogP contribution in [-0.2, 0) is 5.41 Å². The van der Waals surface area contributed by atoms with Crippen molar-refractivity contribution >= 4 is 0 Å². The molecule has 0 amide bonds. The SMILES string of the molecule is OCCCCCCCCC(c1cccc(F)c1)(c1cccc(F)c1)c1cccc(F)c1. The molecular weight excluding hydrogens is 397 g/mol. The van der Waals surface area contributed by atoms with Gasteiger partial charge in [-0.3, -0.25) is 0 Å². The number of hydrogen-bond donors (Lipinski definition) is 1. The van der Waals surface area contributed by atoms with Gasteiger partial charge in [-0.05, 0) is 65.9 Å². The highest BCUT2D eigenvalue weighted by molar-refractivity contribution is 5.50. The van der Waals surface area contributed by atoms with Gasteiger partial charge in [0.15, 0.2) is 0 Å². The van der Waals surface area contributed by atoms with Gasteiger partial charge in [0.2, 0.25) is 0 Å². The molecule has 3 aromatic carbocycles. The lowest BCUT2D eigenvalue weighted by Crippen LogP contribution is -2.30. The molecule has 0 spiro atoms. The van der Waals surface area contributed by atoms with Crippen LogP contribution in [0.4, 0.5) is 13.2 Å². The molecule has 0 unspecified atom stereocenters. The van der Waals surface area contributed by atoms with Crippen LogP contribution >= 0.6 is 0 Å². The van der Waals surface area contributed by atoms with Gasteiger partial charge in [-0.15, -0.1) is 0 Å². The van der Waals surface area contributed by atoms with Crippen LogP contribution in [0.2, 0.25) is 0 Å². The van der Waals surface area contributed by atoms with Crippen molar-refractivity contribution in [1.82, 2.24) is 0 Å². The highest BCUT2D eigenvalue weighted by Crippen LogP contribution is 2.44. The number of aliphatic hydroxyl groups excluding tert-OH is 1. The molecule has 3 aromatic rings. The molecule has 164 valence electrons. The molecule has 0 aliphatic carbocycles. The maximum absolute atomic E-state index is 14.3. The molecule has 0 bridgehead atoms. The monoisotopic (exact) mass is 426 g/mol. The Hall–Kier alpha value is -2.59. The predicted octanol–water partition coefficient (Wildman–Crippen LogP) is 7.16. The molecule has 1 N–H and O–H groups in total. The topological polar surface area (TPSA) is 20.2 Å². The molecule has 0 radical (unpaired) electrons. The van der Waals surface area contributed by atoms with Crippen LogP contribution in [0.15, 0.2) is 72.8 Å². The van der Waals surface area contributed by atoms with E-state index in [1.165, 1.54) is 36.4 Å². The number of hydrogen-bond acceptors (Lipinski definition) is 1. The minimum atomic E-state index is -0.864. The summed E-state index contributed by atoms with van der Waals surface area (Å²) in [4.78, 5) is 0. The van der Waals surface area contributed by atoms with Crippen LogP contribution in [0.5, 0.6) is 0 Å². The first-order valence-electron chi connectivity index (χ1n) is 11.0. The summed E-state index contributed by atoms with van der Waals surface area (Å²) in [6, 6.07) is 19.0. The highest BCUT2D eigenvalue weighted by atomic mass is 19.1. The van der Waals surface area contributed by atoms with Crippen LogP contribution in [0.3, 0.4) is 0 Å². The molecule has 1 nitrogen and oxygen atoms in total. The van der Waals surface area contributed by atoms with Gasteiger partial charge in [0.05, 0.1) is 0 Å². The van der Waals surface area contributed by atoms with Gasteiger partial charge in [-0.25, -0.2) is 13.2 Å². The maximum atomic E-state index is 14.3. The lowest BCUT2D eigenvalue weighted by atomic mass is 9.66. The number of unbranched alkanes of at least 4 members (excludes halogenated alkanes) is 5. The third kappa shape index (κ3) is 5.76. The zero-order valence-corrected chi connectivity index (χ0v) is 17.7. The summed E-state index contributed by atoms with van der Waals surface area (Å²) in [7, 11) is 0. The Morgan fingerprint density at radius 2 is 0.935 bits per heavy atom. The van der Waals surface area contributed by atoms with Crippen molar-refractivity contribution in [2.45, 2.75) is 50.4 Å². The van der Waals surface area contributed by atoms with E-state index >= 15 is 0 Å². The predicted molar refractivity (Wildman–Crippen MR) is 118 cm³/mol. The summed E-state index contributed by atoms with van der Waals surface area (Å²) in [6.45, 7) is 0.210. The number of aliphatic hydroxyl groups is 1. The van der Waals surface area contributed by atoms with Gasteiger partial charge in [-0.1, -0.05) is 68.5 Å². The summed E-state index contributed by atoms with van der Waals surface area (Å²) < 4.78 is 42.8. The van der Waals surface area contributed by atoms with Gasteiger partial charge in [-0.2, -0.15) is 0 Å². The number of rotatable bonds is 11. The second-order valence-electron chi connectivity index (χ2n) is 8.03. The van der Waals surface area contributed by atoms with Crippen molar-refractivity contribution < 1.29 is 18.3 Å². The minimum absolute atomic E-state index is 0.210. The van der Waals surface area contributed by atoms with E-state index in [2.05, 4.69) is 0 Å². The first-order chi connectivity index (χ1) is 15.1. The Bertz CT molecular complexity index is 859. The first kappa shape index (κ1) is 23.1. The van der Waals surface area contributed by atoms with E-state index in [4.69, 9.17) is 5.11 Å². The van der Waals surface area contributed by atoms with Crippen LogP contribution < -0.4 is 0 Å². The van der Waals surface area contributed by atoms with Gasteiger partial charge in [0.1, 0.15) is 17.5 Å². The van der Waals surface area contributed by atoms with Gasteiger partial charge >= 0.3 is 0 Å². The fourth-order valence-electron chi connectivity index (χ4n) is 4.40. The fourth-order valence-corrected chi connectivity index (χ4v) is 4.40. The van der Waals surface area contributed by atoms with E-state index in [1.54, 1.807) is 18.2 Å². The maximum Gasteiger partial charge on any atom is 0.123 e. The van der Waals surface area contributed by atoms with Gasteiger partial charge in [0, 0.05) is 12.0 Å². The quantitative estimate of drug-likeness (QED) is 0.255. The molecule has 0 saturated heterocycles. The lowest BCUT2D eigenvalue weighted by molar-refractivity contribution is 0.282. The van der Waals surface area contributed by atoms with E-state index in [0.717, 1.165) is 38.5 Å². The standard InChI is InChI=1S/C27H29F3O/c28-24-13-7-10-21(18-24)27(22-11-8-14-25(29)19-22,23-12-9-15-26(30)20-23)16-5-3-1-2-4-6-17-31/h7-15,18-20,31H,1-6,16-17H2. The van der Waals surface area contributed by atoms with Crippen molar-refractivity contribution in [3.63, 3.8) is 0 Å². The Morgan fingerprint density at radius 1 is 0.548 bits per heavy atom. The Balaban J connectivity index is 2.03. The van der Waals surface area contributed by atoms with E-state index < -0.39 is 5.41 Å². The van der Waals surface area contributed by atoms with Crippen molar-refractivity contribution in [3.05, 3.63) is 107 Å². The second kappa shape index (κ2) is 11.1. The average Bonchev–Trinajstić information content (AvgIpc) is 2.76. The summed E-state index contributed by atoms with van der Waals surface area (Å²) in [5.74, 6) is -1.13. The fraction of sp³-hybridized carbons (Fsp3) is 0.333. The zero-order valence-electron chi connectivity index (χ0n) is 17.7. The Kier molecular flexibility index (Phi) is 8.30.